The van der Waals surface area contributed by atoms with E-state index in [0.29, 0.717) is 29.6 Å². The molecule has 0 aromatic heterocycles. The zero-order valence-corrected chi connectivity index (χ0v) is 19.0. The van der Waals surface area contributed by atoms with Crippen LogP contribution < -0.4 is 14.4 Å². The van der Waals surface area contributed by atoms with Crippen molar-refractivity contribution in [3.8, 4) is 5.75 Å². The van der Waals surface area contributed by atoms with Gasteiger partial charge in [-0.25, -0.2) is 8.42 Å². The maximum atomic E-state index is 13.2. The van der Waals surface area contributed by atoms with E-state index < -0.39 is 15.4 Å². The van der Waals surface area contributed by atoms with Crippen LogP contribution in [0.1, 0.15) is 39.7 Å². The minimum Gasteiger partial charge on any atom is -0.490 e. The second-order valence-corrected chi connectivity index (χ2v) is 10.6. The number of rotatable bonds is 6. The first-order chi connectivity index (χ1) is 14.0. The Balaban J connectivity index is 1.98. The molecule has 0 aliphatic carbocycles. The molecule has 1 aliphatic heterocycles. The summed E-state index contributed by atoms with van der Waals surface area (Å²) in [6.07, 6.45) is 0.834. The van der Waals surface area contributed by atoms with E-state index in [2.05, 4.69) is 18.6 Å². The van der Waals surface area contributed by atoms with Gasteiger partial charge in [0.1, 0.15) is 12.4 Å². The van der Waals surface area contributed by atoms with E-state index in [-0.39, 0.29) is 17.4 Å². The molecule has 162 valence electrons. The lowest BCUT2D eigenvalue weighted by molar-refractivity contribution is -0.127. The molecule has 0 radical (unpaired) electrons. The van der Waals surface area contributed by atoms with Crippen LogP contribution in [0.15, 0.2) is 47.4 Å². The lowest BCUT2D eigenvalue weighted by Gasteiger charge is -2.28. The van der Waals surface area contributed by atoms with E-state index in [4.69, 9.17) is 4.74 Å². The third kappa shape index (κ3) is 4.78. The molecule has 2 aromatic carbocycles. The van der Waals surface area contributed by atoms with Gasteiger partial charge < -0.3 is 9.64 Å². The maximum Gasteiger partial charge on any atom is 0.261 e. The van der Waals surface area contributed by atoms with Gasteiger partial charge in [0.2, 0.25) is 5.91 Å². The van der Waals surface area contributed by atoms with Gasteiger partial charge in [-0.3, -0.25) is 9.52 Å². The van der Waals surface area contributed by atoms with Gasteiger partial charge in [-0.1, -0.05) is 26.0 Å². The van der Waals surface area contributed by atoms with Crippen molar-refractivity contribution in [2.45, 2.75) is 45.9 Å². The van der Waals surface area contributed by atoms with Crippen molar-refractivity contribution in [3.63, 3.8) is 0 Å². The average molecular weight is 431 g/mol. The number of carbonyl (C=O) groups excluding carboxylic acids is 1. The number of amides is 1. The largest absolute Gasteiger partial charge is 0.490 e. The molecule has 2 aromatic rings. The SMILES string of the molecule is Cc1cccc(S(=O)(=O)Nc2ccc3c(c2)N(CCC(C)C)C(=O)C(C)(C)CO3)c1. The van der Waals surface area contributed by atoms with Crippen molar-refractivity contribution in [1.29, 1.82) is 0 Å². The van der Waals surface area contributed by atoms with Gasteiger partial charge in [-0.15, -0.1) is 0 Å². The van der Waals surface area contributed by atoms with E-state index in [1.54, 1.807) is 41.3 Å². The predicted molar refractivity (Wildman–Crippen MR) is 120 cm³/mol. The second-order valence-electron chi connectivity index (χ2n) is 8.92. The minimum atomic E-state index is -3.75. The van der Waals surface area contributed by atoms with Crippen LogP contribution in [0.4, 0.5) is 11.4 Å². The zero-order valence-electron chi connectivity index (χ0n) is 18.2. The molecule has 0 spiro atoms. The van der Waals surface area contributed by atoms with Gasteiger partial charge in [0.15, 0.2) is 0 Å². The first kappa shape index (κ1) is 22.2. The van der Waals surface area contributed by atoms with E-state index >= 15 is 0 Å². The molecule has 0 unspecified atom stereocenters. The monoisotopic (exact) mass is 430 g/mol. The number of nitrogens with one attached hydrogen (secondary N) is 1. The quantitative estimate of drug-likeness (QED) is 0.727. The predicted octanol–water partition coefficient (Wildman–Crippen LogP) is 4.59. The normalized spacial score (nSPS) is 16.1. The van der Waals surface area contributed by atoms with Gasteiger partial charge in [-0.05, 0) is 69.0 Å². The number of aryl methyl sites for hydroxylation is 1. The van der Waals surface area contributed by atoms with E-state index in [0.717, 1.165) is 12.0 Å². The van der Waals surface area contributed by atoms with Crippen LogP contribution in [-0.2, 0) is 14.8 Å². The van der Waals surface area contributed by atoms with Crippen LogP contribution >= 0.6 is 0 Å². The molecule has 0 saturated carbocycles. The molecule has 1 N–H and O–H groups in total. The van der Waals surface area contributed by atoms with Gasteiger partial charge in [0.25, 0.3) is 10.0 Å². The highest BCUT2D eigenvalue weighted by Gasteiger charge is 2.37. The van der Waals surface area contributed by atoms with Crippen LogP contribution in [0.2, 0.25) is 0 Å². The van der Waals surface area contributed by atoms with Gasteiger partial charge in [-0.2, -0.15) is 0 Å². The minimum absolute atomic E-state index is 0.0272. The Morgan fingerprint density at radius 1 is 1.17 bits per heavy atom. The summed E-state index contributed by atoms with van der Waals surface area (Å²) in [6, 6.07) is 11.8. The molecule has 6 nitrogen and oxygen atoms in total. The fourth-order valence-electron chi connectivity index (χ4n) is 3.31. The van der Waals surface area contributed by atoms with Crippen molar-refractivity contribution in [2.75, 3.05) is 22.8 Å². The molecule has 0 atom stereocenters. The number of hydrogen-bond acceptors (Lipinski definition) is 4. The zero-order chi connectivity index (χ0) is 22.1. The Kier molecular flexibility index (Phi) is 6.13. The number of benzene rings is 2. The molecule has 0 saturated heterocycles. The van der Waals surface area contributed by atoms with Crippen LogP contribution in [0.25, 0.3) is 0 Å². The van der Waals surface area contributed by atoms with Crippen LogP contribution in [0.3, 0.4) is 0 Å². The molecular formula is C23H30N2O4S. The Hall–Kier alpha value is -2.54. The number of ether oxygens (including phenoxy) is 1. The molecule has 0 bridgehead atoms. The third-order valence-corrected chi connectivity index (χ3v) is 6.52. The average Bonchev–Trinajstić information content (AvgIpc) is 2.75. The van der Waals surface area contributed by atoms with Crippen molar-refractivity contribution in [3.05, 3.63) is 48.0 Å². The van der Waals surface area contributed by atoms with Gasteiger partial charge in [0.05, 0.1) is 21.7 Å². The summed E-state index contributed by atoms with van der Waals surface area (Å²) in [5.41, 5.74) is 1.18. The Morgan fingerprint density at radius 3 is 2.57 bits per heavy atom. The fraction of sp³-hybridized carbons (Fsp3) is 0.435. The summed E-state index contributed by atoms with van der Waals surface area (Å²) in [4.78, 5) is 15.1. The first-order valence-corrected chi connectivity index (χ1v) is 11.7. The van der Waals surface area contributed by atoms with Gasteiger partial charge >= 0.3 is 0 Å². The van der Waals surface area contributed by atoms with Gasteiger partial charge in [0, 0.05) is 6.54 Å². The lowest BCUT2D eigenvalue weighted by Crippen LogP contribution is -2.42. The fourth-order valence-corrected chi connectivity index (χ4v) is 4.47. The van der Waals surface area contributed by atoms with E-state index in [1.165, 1.54) is 0 Å². The number of carbonyl (C=O) groups is 1. The Morgan fingerprint density at radius 2 is 1.90 bits per heavy atom. The van der Waals surface area contributed by atoms with Crippen molar-refractivity contribution in [2.24, 2.45) is 11.3 Å². The second kappa shape index (κ2) is 8.30. The van der Waals surface area contributed by atoms with Crippen LogP contribution in [0.5, 0.6) is 5.75 Å². The number of sulfonamides is 1. The molecular weight excluding hydrogens is 400 g/mol. The smallest absolute Gasteiger partial charge is 0.261 e. The molecule has 0 fully saturated rings. The summed E-state index contributed by atoms with van der Waals surface area (Å²) in [7, 11) is -3.75. The Bertz CT molecular complexity index is 1040. The summed E-state index contributed by atoms with van der Waals surface area (Å²) in [5, 5.41) is 0. The lowest BCUT2D eigenvalue weighted by atomic mass is 9.92. The number of nitrogens with zero attached hydrogens (tertiary/aromatic N) is 1. The van der Waals surface area contributed by atoms with E-state index in [9.17, 15) is 13.2 Å². The first-order valence-electron chi connectivity index (χ1n) is 10.2. The summed E-state index contributed by atoms with van der Waals surface area (Å²) >= 11 is 0. The summed E-state index contributed by atoms with van der Waals surface area (Å²) in [5.74, 6) is 0.980. The summed E-state index contributed by atoms with van der Waals surface area (Å²) < 4.78 is 34.2. The molecule has 7 heteroatoms. The highest BCUT2D eigenvalue weighted by Crippen LogP contribution is 2.39. The molecule has 30 heavy (non-hydrogen) atoms. The number of anilines is 2. The van der Waals surface area contributed by atoms with Crippen molar-refractivity contribution >= 4 is 27.3 Å². The third-order valence-electron chi connectivity index (χ3n) is 5.14. The van der Waals surface area contributed by atoms with Crippen molar-refractivity contribution < 1.29 is 17.9 Å². The van der Waals surface area contributed by atoms with Crippen molar-refractivity contribution in [1.82, 2.24) is 0 Å². The number of fused-ring (bicyclic) bond motifs is 1. The molecule has 1 aliphatic rings. The molecule has 1 amide bonds. The van der Waals surface area contributed by atoms with Crippen LogP contribution in [0, 0.1) is 18.3 Å². The molecule has 3 rings (SSSR count). The van der Waals surface area contributed by atoms with Crippen LogP contribution in [-0.4, -0.2) is 27.5 Å². The number of hydrogen-bond donors (Lipinski definition) is 1. The highest BCUT2D eigenvalue weighted by atomic mass is 32.2. The summed E-state index contributed by atoms with van der Waals surface area (Å²) in [6.45, 7) is 10.6. The maximum absolute atomic E-state index is 13.2. The van der Waals surface area contributed by atoms with E-state index in [1.807, 2.05) is 26.8 Å². The topological polar surface area (TPSA) is 75.7 Å². The standard InChI is InChI=1S/C23H30N2O4S/c1-16(2)11-12-25-20-14-18(9-10-21(20)29-15-23(4,5)22(25)26)24-30(27,28)19-8-6-7-17(3)13-19/h6-10,13-14,16,24H,11-12,15H2,1-5H3. The Labute approximate surface area is 179 Å². The highest BCUT2D eigenvalue weighted by molar-refractivity contribution is 7.92. The molecule has 1 heterocycles.